The summed E-state index contributed by atoms with van der Waals surface area (Å²) >= 11 is 0. The van der Waals surface area contributed by atoms with Crippen molar-refractivity contribution in [3.8, 4) is 27.9 Å². The lowest BCUT2D eigenvalue weighted by molar-refractivity contribution is 0.767. The molecule has 0 spiro atoms. The van der Waals surface area contributed by atoms with Crippen molar-refractivity contribution in [2.24, 2.45) is 0 Å². The maximum absolute atomic E-state index is 4.68. The number of rotatable bonds is 3. The molecule has 27 heavy (non-hydrogen) atoms. The van der Waals surface area contributed by atoms with E-state index in [1.54, 1.807) is 4.80 Å². The van der Waals surface area contributed by atoms with E-state index in [4.69, 9.17) is 0 Å². The van der Waals surface area contributed by atoms with Crippen molar-refractivity contribution in [2.45, 2.75) is 0 Å². The van der Waals surface area contributed by atoms with Gasteiger partial charge in [0, 0.05) is 5.56 Å². The summed E-state index contributed by atoms with van der Waals surface area (Å²) in [5, 5.41) is 9.35. The highest BCUT2D eigenvalue weighted by molar-refractivity contribution is 5.80. The third-order valence-corrected chi connectivity index (χ3v) is 4.69. The SMILES string of the molecule is c1ccc(-c2ccc(-n3nc4ccccc4n3)c(-c3ccccc3)c2)cc1. The molecule has 3 heteroatoms. The number of fused-ring (bicyclic) bond motifs is 1. The van der Waals surface area contributed by atoms with Crippen molar-refractivity contribution < 1.29 is 0 Å². The summed E-state index contributed by atoms with van der Waals surface area (Å²) in [6.07, 6.45) is 0. The molecule has 0 unspecified atom stereocenters. The van der Waals surface area contributed by atoms with Crippen LogP contribution in [0.2, 0.25) is 0 Å². The quantitative estimate of drug-likeness (QED) is 0.416. The van der Waals surface area contributed by atoms with E-state index in [1.807, 2.05) is 36.4 Å². The van der Waals surface area contributed by atoms with E-state index in [1.165, 1.54) is 11.1 Å². The van der Waals surface area contributed by atoms with Crippen molar-refractivity contribution in [2.75, 3.05) is 0 Å². The fourth-order valence-corrected chi connectivity index (χ4v) is 3.34. The van der Waals surface area contributed by atoms with Gasteiger partial charge in [0.15, 0.2) is 0 Å². The lowest BCUT2D eigenvalue weighted by Gasteiger charge is -2.12. The average Bonchev–Trinajstić information content (AvgIpc) is 3.19. The van der Waals surface area contributed by atoms with Gasteiger partial charge >= 0.3 is 0 Å². The number of benzene rings is 4. The Balaban J connectivity index is 1.73. The molecule has 0 saturated heterocycles. The number of hydrogen-bond acceptors (Lipinski definition) is 2. The van der Waals surface area contributed by atoms with E-state index < -0.39 is 0 Å². The van der Waals surface area contributed by atoms with Gasteiger partial charge in [-0.15, -0.1) is 15.0 Å². The molecule has 0 radical (unpaired) electrons. The minimum atomic E-state index is 0.892. The molecule has 0 fully saturated rings. The van der Waals surface area contributed by atoms with Crippen LogP contribution in [0.3, 0.4) is 0 Å². The van der Waals surface area contributed by atoms with Gasteiger partial charge in [0.2, 0.25) is 0 Å². The Kier molecular flexibility index (Phi) is 3.76. The Bertz CT molecular complexity index is 1180. The molecule has 0 saturated carbocycles. The van der Waals surface area contributed by atoms with Crippen molar-refractivity contribution >= 4 is 11.0 Å². The highest BCUT2D eigenvalue weighted by atomic mass is 15.5. The van der Waals surface area contributed by atoms with Crippen LogP contribution in [0.25, 0.3) is 39.0 Å². The largest absolute Gasteiger partial charge is 0.150 e. The lowest BCUT2D eigenvalue weighted by atomic mass is 9.97. The van der Waals surface area contributed by atoms with Crippen molar-refractivity contribution in [3.05, 3.63) is 103 Å². The fraction of sp³-hybridized carbons (Fsp3) is 0. The average molecular weight is 347 g/mol. The minimum absolute atomic E-state index is 0.892. The Hall–Kier alpha value is -3.72. The van der Waals surface area contributed by atoms with Crippen LogP contribution in [0.15, 0.2) is 103 Å². The summed E-state index contributed by atoms with van der Waals surface area (Å²) in [5.74, 6) is 0. The Morgan fingerprint density at radius 3 is 1.67 bits per heavy atom. The molecule has 5 rings (SSSR count). The number of nitrogens with zero attached hydrogens (tertiary/aromatic N) is 3. The van der Waals surface area contributed by atoms with Gasteiger partial charge in [0.1, 0.15) is 11.0 Å². The molecule has 1 heterocycles. The van der Waals surface area contributed by atoms with Crippen LogP contribution in [0.5, 0.6) is 0 Å². The molecular weight excluding hydrogens is 330 g/mol. The van der Waals surface area contributed by atoms with Crippen LogP contribution >= 0.6 is 0 Å². The Morgan fingerprint density at radius 1 is 0.481 bits per heavy atom. The van der Waals surface area contributed by atoms with Crippen molar-refractivity contribution in [1.29, 1.82) is 0 Å². The third kappa shape index (κ3) is 2.89. The standard InChI is InChI=1S/C24H17N3/c1-3-9-18(10-4-1)20-15-16-24(21(17-20)19-11-5-2-6-12-19)27-25-22-13-7-8-14-23(22)26-27/h1-17H. The van der Waals surface area contributed by atoms with Gasteiger partial charge in [-0.1, -0.05) is 78.9 Å². The first-order valence-corrected chi connectivity index (χ1v) is 8.96. The third-order valence-electron chi connectivity index (χ3n) is 4.69. The normalized spacial score (nSPS) is 11.0. The molecule has 5 aromatic rings. The maximum Gasteiger partial charge on any atom is 0.113 e. The zero-order chi connectivity index (χ0) is 18.1. The van der Waals surface area contributed by atoms with Gasteiger partial charge < -0.3 is 0 Å². The number of hydrogen-bond donors (Lipinski definition) is 0. The van der Waals surface area contributed by atoms with E-state index >= 15 is 0 Å². The smallest absolute Gasteiger partial charge is 0.113 e. The van der Waals surface area contributed by atoms with Gasteiger partial charge in [-0.3, -0.25) is 0 Å². The molecule has 0 atom stereocenters. The van der Waals surface area contributed by atoms with Crippen LogP contribution in [0, 0.1) is 0 Å². The van der Waals surface area contributed by atoms with Crippen LogP contribution in [0.4, 0.5) is 0 Å². The molecule has 0 aliphatic rings. The summed E-state index contributed by atoms with van der Waals surface area (Å²) in [6, 6.07) is 35.2. The molecule has 4 aromatic carbocycles. The summed E-state index contributed by atoms with van der Waals surface area (Å²) < 4.78 is 0. The summed E-state index contributed by atoms with van der Waals surface area (Å²) in [7, 11) is 0. The number of aromatic nitrogens is 3. The first kappa shape index (κ1) is 15.5. The van der Waals surface area contributed by atoms with E-state index in [0.717, 1.165) is 27.8 Å². The van der Waals surface area contributed by atoms with E-state index in [2.05, 4.69) is 76.9 Å². The van der Waals surface area contributed by atoms with Crippen LogP contribution in [0.1, 0.15) is 0 Å². The summed E-state index contributed by atoms with van der Waals surface area (Å²) in [6.45, 7) is 0. The molecule has 0 aliphatic carbocycles. The van der Waals surface area contributed by atoms with Crippen molar-refractivity contribution in [1.82, 2.24) is 15.0 Å². The van der Waals surface area contributed by atoms with E-state index in [9.17, 15) is 0 Å². The van der Waals surface area contributed by atoms with Crippen LogP contribution in [-0.4, -0.2) is 15.0 Å². The maximum atomic E-state index is 4.68. The zero-order valence-electron chi connectivity index (χ0n) is 14.7. The molecule has 0 bridgehead atoms. The first-order chi connectivity index (χ1) is 13.4. The molecule has 1 aromatic heterocycles. The van der Waals surface area contributed by atoms with E-state index in [-0.39, 0.29) is 0 Å². The second-order valence-electron chi connectivity index (χ2n) is 6.44. The molecule has 0 aliphatic heterocycles. The zero-order valence-corrected chi connectivity index (χ0v) is 14.7. The highest BCUT2D eigenvalue weighted by Gasteiger charge is 2.12. The van der Waals surface area contributed by atoms with Crippen LogP contribution in [-0.2, 0) is 0 Å². The molecule has 0 N–H and O–H groups in total. The van der Waals surface area contributed by atoms with Gasteiger partial charge in [-0.25, -0.2) is 0 Å². The predicted molar refractivity (Wildman–Crippen MR) is 110 cm³/mol. The highest BCUT2D eigenvalue weighted by Crippen LogP contribution is 2.31. The minimum Gasteiger partial charge on any atom is -0.150 e. The summed E-state index contributed by atoms with van der Waals surface area (Å²) in [5.41, 5.74) is 7.38. The fourth-order valence-electron chi connectivity index (χ4n) is 3.34. The lowest BCUT2D eigenvalue weighted by Crippen LogP contribution is -2.01. The monoisotopic (exact) mass is 347 g/mol. The topological polar surface area (TPSA) is 30.7 Å². The van der Waals surface area contributed by atoms with Gasteiger partial charge in [-0.05, 0) is 41.0 Å². The molecule has 128 valence electrons. The molecule has 0 amide bonds. The second-order valence-corrected chi connectivity index (χ2v) is 6.44. The Morgan fingerprint density at radius 2 is 1.04 bits per heavy atom. The van der Waals surface area contributed by atoms with Crippen LogP contribution < -0.4 is 0 Å². The van der Waals surface area contributed by atoms with E-state index in [0.29, 0.717) is 0 Å². The first-order valence-electron chi connectivity index (χ1n) is 8.96. The van der Waals surface area contributed by atoms with Gasteiger partial charge in [0.05, 0.1) is 5.69 Å². The predicted octanol–water partition coefficient (Wildman–Crippen LogP) is 5.75. The second kappa shape index (κ2) is 6.54. The van der Waals surface area contributed by atoms with Gasteiger partial charge in [-0.2, -0.15) is 0 Å². The van der Waals surface area contributed by atoms with Crippen molar-refractivity contribution in [3.63, 3.8) is 0 Å². The summed E-state index contributed by atoms with van der Waals surface area (Å²) in [4.78, 5) is 1.74. The van der Waals surface area contributed by atoms with Gasteiger partial charge in [0.25, 0.3) is 0 Å². The molecule has 3 nitrogen and oxygen atoms in total. The Labute approximate surface area is 157 Å². The molecular formula is C24H17N3.